The minimum atomic E-state index is -0.434. The maximum absolute atomic E-state index is 11.6. The zero-order chi connectivity index (χ0) is 12.9. The van der Waals surface area contributed by atoms with Gasteiger partial charge in [-0.1, -0.05) is 0 Å². The third-order valence-corrected chi connectivity index (χ3v) is 3.74. The monoisotopic (exact) mass is 242 g/mol. The number of carbonyl (C=O) groups excluding carboxylic acids is 2. The second kappa shape index (κ2) is 3.70. The van der Waals surface area contributed by atoms with Crippen molar-refractivity contribution in [2.24, 2.45) is 12.8 Å². The molecule has 4 heteroatoms. The number of nitrogens with zero attached hydrogens (tertiary/aromatic N) is 1. The molecule has 0 radical (unpaired) electrons. The molecule has 4 nitrogen and oxygen atoms in total. The number of ketones is 1. The summed E-state index contributed by atoms with van der Waals surface area (Å²) < 4.78 is 2.11. The van der Waals surface area contributed by atoms with Crippen LogP contribution in [0.1, 0.15) is 28.0 Å². The number of aryl methyl sites for hydroxylation is 1. The maximum Gasteiger partial charge on any atom is 0.248 e. The van der Waals surface area contributed by atoms with E-state index in [4.69, 9.17) is 5.73 Å². The average Bonchev–Trinajstić information content (AvgIpc) is 2.62. The van der Waals surface area contributed by atoms with Crippen LogP contribution < -0.4 is 5.73 Å². The lowest BCUT2D eigenvalue weighted by Gasteiger charge is -2.12. The van der Waals surface area contributed by atoms with E-state index < -0.39 is 5.91 Å². The smallest absolute Gasteiger partial charge is 0.248 e. The predicted molar refractivity (Wildman–Crippen MR) is 68.5 cm³/mol. The van der Waals surface area contributed by atoms with Crippen LogP contribution in [0.4, 0.5) is 0 Å². The van der Waals surface area contributed by atoms with Crippen LogP contribution >= 0.6 is 0 Å². The van der Waals surface area contributed by atoms with E-state index in [0.717, 1.165) is 22.9 Å². The van der Waals surface area contributed by atoms with Gasteiger partial charge in [-0.05, 0) is 30.2 Å². The van der Waals surface area contributed by atoms with Gasteiger partial charge in [-0.15, -0.1) is 0 Å². The molecule has 92 valence electrons. The zero-order valence-electron chi connectivity index (χ0n) is 10.2. The van der Waals surface area contributed by atoms with E-state index in [0.29, 0.717) is 18.4 Å². The molecule has 2 aromatic rings. The van der Waals surface area contributed by atoms with Crippen LogP contribution in [0.25, 0.3) is 10.9 Å². The largest absolute Gasteiger partial charge is 0.366 e. The number of amides is 1. The summed E-state index contributed by atoms with van der Waals surface area (Å²) in [6.07, 6.45) is 1.86. The summed E-state index contributed by atoms with van der Waals surface area (Å²) in [6.45, 7) is 0. The van der Waals surface area contributed by atoms with Gasteiger partial charge in [-0.25, -0.2) is 0 Å². The molecule has 0 bridgehead atoms. The first-order valence-electron chi connectivity index (χ1n) is 5.99. The van der Waals surface area contributed by atoms with Crippen molar-refractivity contribution in [3.05, 3.63) is 35.0 Å². The molecule has 1 aliphatic rings. The first kappa shape index (κ1) is 11.0. The fourth-order valence-electron chi connectivity index (χ4n) is 2.79. The lowest BCUT2D eigenvalue weighted by Crippen LogP contribution is -2.14. The van der Waals surface area contributed by atoms with Crippen molar-refractivity contribution in [3.63, 3.8) is 0 Å². The van der Waals surface area contributed by atoms with Gasteiger partial charge in [0.15, 0.2) is 0 Å². The number of Topliss-reactive ketones (excluding diaryl/α,β-unsaturated/α-hetero) is 1. The number of fused-ring (bicyclic) bond motifs is 3. The van der Waals surface area contributed by atoms with E-state index in [-0.39, 0.29) is 5.78 Å². The Bertz CT molecular complexity index is 683. The van der Waals surface area contributed by atoms with Crippen molar-refractivity contribution < 1.29 is 9.59 Å². The van der Waals surface area contributed by atoms with Crippen molar-refractivity contribution in [2.45, 2.75) is 19.3 Å². The molecule has 0 unspecified atom stereocenters. The number of carbonyl (C=O) groups is 2. The molecule has 1 aromatic carbocycles. The fourth-order valence-corrected chi connectivity index (χ4v) is 2.79. The van der Waals surface area contributed by atoms with E-state index in [1.807, 2.05) is 13.1 Å². The molecular weight excluding hydrogens is 228 g/mol. The van der Waals surface area contributed by atoms with Gasteiger partial charge in [0.25, 0.3) is 0 Å². The highest BCUT2D eigenvalue weighted by molar-refractivity contribution is 6.00. The highest BCUT2D eigenvalue weighted by Gasteiger charge is 2.22. The number of hydrogen-bond acceptors (Lipinski definition) is 2. The van der Waals surface area contributed by atoms with Crippen LogP contribution in [0.15, 0.2) is 18.2 Å². The van der Waals surface area contributed by atoms with Crippen LogP contribution in [-0.4, -0.2) is 16.3 Å². The number of nitrogens with two attached hydrogens (primary N) is 1. The van der Waals surface area contributed by atoms with Gasteiger partial charge in [-0.3, -0.25) is 9.59 Å². The molecular formula is C14H14N2O2. The van der Waals surface area contributed by atoms with E-state index in [9.17, 15) is 9.59 Å². The van der Waals surface area contributed by atoms with Gasteiger partial charge in [0.05, 0.1) is 0 Å². The van der Waals surface area contributed by atoms with Crippen LogP contribution in [0.5, 0.6) is 0 Å². The topological polar surface area (TPSA) is 65.1 Å². The van der Waals surface area contributed by atoms with Crippen molar-refractivity contribution in [3.8, 4) is 0 Å². The molecule has 1 heterocycles. The Morgan fingerprint density at radius 2 is 2.11 bits per heavy atom. The lowest BCUT2D eigenvalue weighted by atomic mass is 9.94. The van der Waals surface area contributed by atoms with E-state index in [2.05, 4.69) is 4.57 Å². The second-order valence-corrected chi connectivity index (χ2v) is 4.80. The Morgan fingerprint density at radius 1 is 1.33 bits per heavy atom. The molecule has 3 rings (SSSR count). The fraction of sp³-hybridized carbons (Fsp3) is 0.286. The van der Waals surface area contributed by atoms with Crippen molar-refractivity contribution in [1.82, 2.24) is 4.57 Å². The summed E-state index contributed by atoms with van der Waals surface area (Å²) in [4.78, 5) is 22.8. The van der Waals surface area contributed by atoms with Crippen molar-refractivity contribution >= 4 is 22.6 Å². The summed E-state index contributed by atoms with van der Waals surface area (Å²) in [5, 5.41) is 0.983. The number of primary amides is 1. The maximum atomic E-state index is 11.6. The Morgan fingerprint density at radius 3 is 2.83 bits per heavy atom. The number of benzene rings is 1. The molecule has 0 saturated carbocycles. The Balaban J connectivity index is 2.31. The Kier molecular flexibility index (Phi) is 2.26. The molecule has 0 spiro atoms. The summed E-state index contributed by atoms with van der Waals surface area (Å²) in [5.41, 5.74) is 9.11. The predicted octanol–water partition coefficient (Wildman–Crippen LogP) is 1.33. The average molecular weight is 242 g/mol. The minimum absolute atomic E-state index is 0.263. The third-order valence-electron chi connectivity index (χ3n) is 3.74. The van der Waals surface area contributed by atoms with Crippen molar-refractivity contribution in [2.75, 3.05) is 0 Å². The first-order chi connectivity index (χ1) is 8.58. The third kappa shape index (κ3) is 1.45. The highest BCUT2D eigenvalue weighted by Crippen LogP contribution is 2.30. The molecule has 0 saturated heterocycles. The zero-order valence-corrected chi connectivity index (χ0v) is 10.2. The number of hydrogen-bond donors (Lipinski definition) is 1. The number of aromatic nitrogens is 1. The summed E-state index contributed by atoms with van der Waals surface area (Å²) in [7, 11) is 2.00. The molecule has 1 aromatic heterocycles. The lowest BCUT2D eigenvalue weighted by molar-refractivity contribution is -0.118. The van der Waals surface area contributed by atoms with Gasteiger partial charge in [0, 0.05) is 42.0 Å². The summed E-state index contributed by atoms with van der Waals surface area (Å²) >= 11 is 0. The van der Waals surface area contributed by atoms with Gasteiger partial charge in [0.2, 0.25) is 5.91 Å². The van der Waals surface area contributed by atoms with E-state index >= 15 is 0 Å². The van der Waals surface area contributed by atoms with Crippen LogP contribution in [-0.2, 0) is 24.7 Å². The van der Waals surface area contributed by atoms with E-state index in [1.165, 1.54) is 5.69 Å². The Hall–Kier alpha value is -2.10. The molecule has 0 fully saturated rings. The molecule has 1 aliphatic carbocycles. The van der Waals surface area contributed by atoms with Gasteiger partial charge < -0.3 is 10.3 Å². The summed E-state index contributed by atoms with van der Waals surface area (Å²) in [6, 6.07) is 5.44. The molecule has 0 aliphatic heterocycles. The van der Waals surface area contributed by atoms with Crippen LogP contribution in [0, 0.1) is 0 Å². The van der Waals surface area contributed by atoms with Gasteiger partial charge in [-0.2, -0.15) is 0 Å². The normalized spacial score (nSPS) is 14.8. The van der Waals surface area contributed by atoms with Crippen LogP contribution in [0.2, 0.25) is 0 Å². The highest BCUT2D eigenvalue weighted by atomic mass is 16.1. The SMILES string of the molecule is Cn1c2c(c3cc(C(N)=O)ccc31)CC(=O)CC2. The summed E-state index contributed by atoms with van der Waals surface area (Å²) in [5.74, 6) is -0.170. The number of rotatable bonds is 1. The molecule has 2 N–H and O–H groups in total. The first-order valence-corrected chi connectivity index (χ1v) is 5.99. The standard InChI is InChI=1S/C14H14N2O2/c1-16-12-4-2-8(14(15)18)6-10(12)11-7-9(17)3-5-13(11)16/h2,4,6H,3,5,7H2,1H3,(H2,15,18). The molecule has 18 heavy (non-hydrogen) atoms. The van der Waals surface area contributed by atoms with Crippen molar-refractivity contribution in [1.29, 1.82) is 0 Å². The van der Waals surface area contributed by atoms with E-state index in [1.54, 1.807) is 12.1 Å². The quantitative estimate of drug-likeness (QED) is 0.820. The molecule has 0 atom stereocenters. The minimum Gasteiger partial charge on any atom is -0.366 e. The van der Waals surface area contributed by atoms with Gasteiger partial charge in [0.1, 0.15) is 5.78 Å². The second-order valence-electron chi connectivity index (χ2n) is 4.80. The molecule has 1 amide bonds. The van der Waals surface area contributed by atoms with Gasteiger partial charge >= 0.3 is 0 Å². The Labute approximate surface area is 104 Å². The van der Waals surface area contributed by atoms with Crippen LogP contribution in [0.3, 0.4) is 0 Å².